The normalized spacial score (nSPS) is 14.6. The summed E-state index contributed by atoms with van der Waals surface area (Å²) in [6, 6.07) is 2.85. The van der Waals surface area contributed by atoms with Crippen LogP contribution in [0.4, 0.5) is 4.79 Å². The molecule has 2 atom stereocenters. The van der Waals surface area contributed by atoms with Crippen molar-refractivity contribution in [2.24, 2.45) is 5.73 Å². The van der Waals surface area contributed by atoms with Crippen LogP contribution in [0.25, 0.3) is 0 Å². The number of hydrogen-bond acceptors (Lipinski definition) is 5. The molecule has 6 nitrogen and oxygen atoms in total. The van der Waals surface area contributed by atoms with E-state index in [0.717, 1.165) is 18.1 Å². The predicted octanol–water partition coefficient (Wildman–Crippen LogP) is 2.98. The Balaban J connectivity index is 5.15. The van der Waals surface area contributed by atoms with E-state index in [1.54, 1.807) is 19.9 Å². The lowest BCUT2D eigenvalue weighted by atomic mass is 10.2. The molecule has 128 valence electrons. The molecule has 7 heteroatoms. The highest BCUT2D eigenvalue weighted by molar-refractivity contribution is 6.73. The van der Waals surface area contributed by atoms with Crippen molar-refractivity contribution in [3.05, 3.63) is 12.2 Å². The van der Waals surface area contributed by atoms with E-state index in [1.807, 2.05) is 0 Å². The molecule has 22 heavy (non-hydrogen) atoms. The SMILES string of the molecule is CCOC(=O)/C=C/[C@@H](O[Si](CC)(CC)CC)[C@@H](C)OC(N)=O. The van der Waals surface area contributed by atoms with Crippen LogP contribution in [0, 0.1) is 0 Å². The Morgan fingerprint density at radius 1 is 1.14 bits per heavy atom. The number of nitrogens with two attached hydrogens (primary N) is 1. The van der Waals surface area contributed by atoms with Crippen molar-refractivity contribution < 1.29 is 23.5 Å². The van der Waals surface area contributed by atoms with Crippen LogP contribution in [0.2, 0.25) is 18.1 Å². The molecular weight excluding hydrogens is 302 g/mol. The van der Waals surface area contributed by atoms with Crippen LogP contribution in [-0.4, -0.2) is 39.2 Å². The van der Waals surface area contributed by atoms with Gasteiger partial charge in [0.2, 0.25) is 0 Å². The molecule has 0 aromatic carbocycles. The number of carbonyl (C=O) groups excluding carboxylic acids is 2. The van der Waals surface area contributed by atoms with E-state index in [1.165, 1.54) is 6.08 Å². The summed E-state index contributed by atoms with van der Waals surface area (Å²) in [6.07, 6.45) is 0.967. The predicted molar refractivity (Wildman–Crippen MR) is 88.0 cm³/mol. The van der Waals surface area contributed by atoms with Gasteiger partial charge in [0.05, 0.1) is 6.61 Å². The lowest BCUT2D eigenvalue weighted by molar-refractivity contribution is -0.137. The van der Waals surface area contributed by atoms with Crippen LogP contribution in [0.3, 0.4) is 0 Å². The van der Waals surface area contributed by atoms with Gasteiger partial charge in [0.15, 0.2) is 8.32 Å². The highest BCUT2D eigenvalue weighted by atomic mass is 28.4. The summed E-state index contributed by atoms with van der Waals surface area (Å²) in [5, 5.41) is 0. The van der Waals surface area contributed by atoms with E-state index in [4.69, 9.17) is 19.6 Å². The fraction of sp³-hybridized carbons (Fsp3) is 0.733. The van der Waals surface area contributed by atoms with Crippen molar-refractivity contribution in [2.75, 3.05) is 6.61 Å². The molecule has 0 aliphatic heterocycles. The maximum Gasteiger partial charge on any atom is 0.404 e. The number of rotatable bonds is 10. The molecule has 0 heterocycles. The molecule has 0 fully saturated rings. The van der Waals surface area contributed by atoms with E-state index in [-0.39, 0.29) is 0 Å². The average Bonchev–Trinajstić information content (AvgIpc) is 2.48. The summed E-state index contributed by atoms with van der Waals surface area (Å²) in [5.41, 5.74) is 5.07. The van der Waals surface area contributed by atoms with Crippen molar-refractivity contribution in [1.82, 2.24) is 0 Å². The van der Waals surface area contributed by atoms with Gasteiger partial charge in [-0.05, 0) is 38.1 Å². The summed E-state index contributed by atoms with van der Waals surface area (Å²) in [7, 11) is -1.92. The summed E-state index contributed by atoms with van der Waals surface area (Å²) in [5.74, 6) is -0.445. The smallest absolute Gasteiger partial charge is 0.404 e. The van der Waals surface area contributed by atoms with Gasteiger partial charge in [-0.1, -0.05) is 20.8 Å². The number of hydrogen-bond donors (Lipinski definition) is 1. The lowest BCUT2D eigenvalue weighted by Gasteiger charge is -2.34. The summed E-state index contributed by atoms with van der Waals surface area (Å²) >= 11 is 0. The Kier molecular flexibility index (Phi) is 9.76. The Hall–Kier alpha value is -1.34. The summed E-state index contributed by atoms with van der Waals surface area (Å²) in [4.78, 5) is 22.4. The van der Waals surface area contributed by atoms with Crippen molar-refractivity contribution in [3.63, 3.8) is 0 Å². The van der Waals surface area contributed by atoms with E-state index < -0.39 is 32.6 Å². The first-order valence-corrected chi connectivity index (χ1v) is 10.4. The van der Waals surface area contributed by atoms with Gasteiger partial charge >= 0.3 is 12.1 Å². The molecule has 0 unspecified atom stereocenters. The van der Waals surface area contributed by atoms with Crippen LogP contribution in [0.5, 0.6) is 0 Å². The second-order valence-corrected chi connectivity index (χ2v) is 9.80. The number of primary amides is 1. The second-order valence-electron chi connectivity index (χ2n) is 5.08. The van der Waals surface area contributed by atoms with Crippen molar-refractivity contribution in [1.29, 1.82) is 0 Å². The quantitative estimate of drug-likeness (QED) is 0.378. The molecular formula is C15H29NO5Si. The van der Waals surface area contributed by atoms with Gasteiger partial charge in [-0.15, -0.1) is 0 Å². The second kappa shape index (κ2) is 10.4. The first-order valence-electron chi connectivity index (χ1n) is 7.82. The number of ether oxygens (including phenoxy) is 2. The molecule has 0 aromatic heterocycles. The Bertz CT molecular complexity index is 374. The first-order chi connectivity index (χ1) is 10.3. The number of esters is 1. The van der Waals surface area contributed by atoms with Crippen LogP contribution < -0.4 is 5.73 Å². The van der Waals surface area contributed by atoms with Crippen LogP contribution in [-0.2, 0) is 18.7 Å². The zero-order valence-corrected chi connectivity index (χ0v) is 15.3. The molecule has 0 aliphatic carbocycles. The average molecular weight is 331 g/mol. The van der Waals surface area contributed by atoms with E-state index in [2.05, 4.69) is 20.8 Å². The molecule has 0 spiro atoms. The molecule has 1 amide bonds. The summed E-state index contributed by atoms with van der Waals surface area (Å²) in [6.45, 7) is 10.0. The topological polar surface area (TPSA) is 87.8 Å². The zero-order chi connectivity index (χ0) is 17.2. The fourth-order valence-corrected chi connectivity index (χ4v) is 5.04. The van der Waals surface area contributed by atoms with E-state index >= 15 is 0 Å². The zero-order valence-electron chi connectivity index (χ0n) is 14.3. The van der Waals surface area contributed by atoms with Gasteiger partial charge in [-0.2, -0.15) is 0 Å². The minimum atomic E-state index is -1.92. The van der Waals surface area contributed by atoms with Gasteiger partial charge in [0, 0.05) is 6.08 Å². The Morgan fingerprint density at radius 3 is 2.09 bits per heavy atom. The molecule has 0 aliphatic rings. The molecule has 0 bridgehead atoms. The van der Waals surface area contributed by atoms with Gasteiger partial charge in [0.25, 0.3) is 0 Å². The maximum atomic E-state index is 11.5. The third-order valence-electron chi connectivity index (χ3n) is 3.79. The summed E-state index contributed by atoms with van der Waals surface area (Å²) < 4.78 is 16.2. The van der Waals surface area contributed by atoms with Crippen molar-refractivity contribution >= 4 is 20.4 Å². The van der Waals surface area contributed by atoms with Crippen LogP contribution in [0.15, 0.2) is 12.2 Å². The van der Waals surface area contributed by atoms with Gasteiger partial charge in [-0.3, -0.25) is 0 Å². The largest absolute Gasteiger partial charge is 0.463 e. The van der Waals surface area contributed by atoms with Crippen molar-refractivity contribution in [2.45, 2.75) is 65.0 Å². The van der Waals surface area contributed by atoms with Gasteiger partial charge in [0.1, 0.15) is 12.2 Å². The molecule has 0 radical (unpaired) electrons. The first kappa shape index (κ1) is 20.7. The number of amides is 1. The van der Waals surface area contributed by atoms with Crippen LogP contribution >= 0.6 is 0 Å². The molecule has 0 aromatic rings. The molecule has 0 saturated heterocycles. The third kappa shape index (κ3) is 7.08. The number of carbonyl (C=O) groups is 2. The standard InChI is InChI=1S/C15H29NO5Si/c1-6-19-14(17)11-10-13(12(5)20-15(16)18)21-22(7-2,8-3)9-4/h10-13H,6-9H2,1-5H3,(H2,16,18)/b11-10+/t12-,13-/m1/s1. The van der Waals surface area contributed by atoms with E-state index in [0.29, 0.717) is 6.61 Å². The Morgan fingerprint density at radius 2 is 1.68 bits per heavy atom. The fourth-order valence-electron chi connectivity index (χ4n) is 2.19. The highest BCUT2D eigenvalue weighted by Crippen LogP contribution is 2.25. The monoisotopic (exact) mass is 331 g/mol. The minimum absolute atomic E-state index is 0.305. The van der Waals surface area contributed by atoms with E-state index in [9.17, 15) is 9.59 Å². The van der Waals surface area contributed by atoms with Crippen molar-refractivity contribution in [3.8, 4) is 0 Å². The lowest BCUT2D eigenvalue weighted by Crippen LogP contribution is -2.44. The molecule has 2 N–H and O–H groups in total. The molecule has 0 saturated carbocycles. The van der Waals surface area contributed by atoms with Gasteiger partial charge < -0.3 is 19.6 Å². The van der Waals surface area contributed by atoms with Gasteiger partial charge in [-0.25, -0.2) is 9.59 Å². The third-order valence-corrected chi connectivity index (χ3v) is 8.43. The maximum absolute atomic E-state index is 11.5. The Labute approximate surface area is 134 Å². The minimum Gasteiger partial charge on any atom is -0.463 e. The highest BCUT2D eigenvalue weighted by Gasteiger charge is 2.34. The van der Waals surface area contributed by atoms with Crippen LogP contribution in [0.1, 0.15) is 34.6 Å². The molecule has 0 rings (SSSR count).